The molecule has 0 spiro atoms. The fourth-order valence-electron chi connectivity index (χ4n) is 2.85. The zero-order valence-electron chi connectivity index (χ0n) is 12.4. The Morgan fingerprint density at radius 2 is 2.05 bits per heavy atom. The Kier molecular flexibility index (Phi) is 6.77. The maximum absolute atomic E-state index is 10.3. The molecule has 0 saturated carbocycles. The van der Waals surface area contributed by atoms with Gasteiger partial charge in [-0.3, -0.25) is 0 Å². The average molecular weight is 332 g/mol. The molecule has 2 rings (SSSR count). The third-order valence-electron chi connectivity index (χ3n) is 4.17. The summed E-state index contributed by atoms with van der Waals surface area (Å²) in [7, 11) is 1.76. The van der Waals surface area contributed by atoms with Crippen LogP contribution in [0.2, 0.25) is 10.0 Å². The minimum absolute atomic E-state index is 0.463. The van der Waals surface area contributed by atoms with Crippen molar-refractivity contribution in [3.05, 3.63) is 33.8 Å². The molecule has 0 aliphatic carbocycles. The molecule has 1 unspecified atom stereocenters. The van der Waals surface area contributed by atoms with Crippen LogP contribution in [0.3, 0.4) is 0 Å². The summed E-state index contributed by atoms with van der Waals surface area (Å²) in [6.45, 7) is 3.88. The smallest absolute Gasteiger partial charge is 0.0817 e. The van der Waals surface area contributed by atoms with Gasteiger partial charge in [-0.25, -0.2) is 0 Å². The Morgan fingerprint density at radius 1 is 1.33 bits per heavy atom. The number of rotatable bonds is 6. The van der Waals surface area contributed by atoms with Gasteiger partial charge in [0.05, 0.1) is 16.1 Å². The molecule has 0 aromatic heterocycles. The van der Waals surface area contributed by atoms with Gasteiger partial charge in [-0.1, -0.05) is 35.3 Å². The molecule has 1 aromatic rings. The number of nitrogens with zero attached hydrogens (tertiary/aromatic N) is 1. The Balaban J connectivity index is 1.79. The van der Waals surface area contributed by atoms with Crippen LogP contribution in [-0.4, -0.2) is 43.4 Å². The third-order valence-corrected chi connectivity index (χ3v) is 5.00. The van der Waals surface area contributed by atoms with E-state index in [-0.39, 0.29) is 0 Å². The second-order valence-electron chi connectivity index (χ2n) is 5.69. The molecule has 1 aliphatic heterocycles. The number of hydrogen-bond donors (Lipinski definition) is 1. The number of aliphatic hydroxyl groups excluding tert-OH is 1. The highest BCUT2D eigenvalue weighted by atomic mass is 35.5. The number of aliphatic hydroxyl groups is 1. The van der Waals surface area contributed by atoms with Crippen LogP contribution in [0.5, 0.6) is 0 Å². The van der Waals surface area contributed by atoms with Gasteiger partial charge in [0.1, 0.15) is 0 Å². The summed E-state index contributed by atoms with van der Waals surface area (Å²) < 4.78 is 5.21. The number of piperidine rings is 1. The molecule has 21 heavy (non-hydrogen) atoms. The fraction of sp³-hybridized carbons (Fsp3) is 0.625. The minimum Gasteiger partial charge on any atom is -0.388 e. The highest BCUT2D eigenvalue weighted by molar-refractivity contribution is 6.42. The van der Waals surface area contributed by atoms with Crippen molar-refractivity contribution in [3.63, 3.8) is 0 Å². The first-order valence-corrected chi connectivity index (χ1v) is 8.20. The molecule has 1 aliphatic rings. The first-order chi connectivity index (χ1) is 10.1. The molecule has 5 heteroatoms. The number of ether oxygens (including phenoxy) is 1. The zero-order chi connectivity index (χ0) is 15.2. The molecule has 118 valence electrons. The van der Waals surface area contributed by atoms with E-state index in [9.17, 15) is 5.11 Å². The molecule has 0 amide bonds. The molecule has 1 N–H and O–H groups in total. The van der Waals surface area contributed by atoms with Crippen LogP contribution in [-0.2, 0) is 4.74 Å². The maximum Gasteiger partial charge on any atom is 0.0817 e. The molecular formula is C16H23Cl2NO2. The van der Waals surface area contributed by atoms with Crippen LogP contribution in [0.15, 0.2) is 18.2 Å². The van der Waals surface area contributed by atoms with Crippen LogP contribution in [0, 0.1) is 5.92 Å². The molecule has 1 atom stereocenters. The highest BCUT2D eigenvalue weighted by Crippen LogP contribution is 2.31. The SMILES string of the molecule is COCC1CCN(CCC(O)c2cccc(Cl)c2Cl)CC1. The molecule has 1 saturated heterocycles. The summed E-state index contributed by atoms with van der Waals surface area (Å²) in [4.78, 5) is 2.40. The van der Waals surface area contributed by atoms with Crippen LogP contribution in [0.1, 0.15) is 30.9 Å². The number of likely N-dealkylation sites (tertiary alicyclic amines) is 1. The Bertz CT molecular complexity index is 448. The van der Waals surface area contributed by atoms with Crippen molar-refractivity contribution in [2.45, 2.75) is 25.4 Å². The molecule has 1 aromatic carbocycles. The Morgan fingerprint density at radius 3 is 2.71 bits per heavy atom. The van der Waals surface area contributed by atoms with E-state index in [1.54, 1.807) is 13.2 Å². The molecule has 3 nitrogen and oxygen atoms in total. The van der Waals surface area contributed by atoms with Gasteiger partial charge in [0.25, 0.3) is 0 Å². The topological polar surface area (TPSA) is 32.7 Å². The normalized spacial score (nSPS) is 18.9. The van der Waals surface area contributed by atoms with Crippen molar-refractivity contribution >= 4 is 23.2 Å². The van der Waals surface area contributed by atoms with E-state index in [0.29, 0.717) is 22.4 Å². The lowest BCUT2D eigenvalue weighted by Crippen LogP contribution is -2.36. The van der Waals surface area contributed by atoms with Crippen LogP contribution < -0.4 is 0 Å². The van der Waals surface area contributed by atoms with E-state index in [0.717, 1.165) is 31.8 Å². The van der Waals surface area contributed by atoms with Crippen molar-refractivity contribution in [1.82, 2.24) is 4.90 Å². The van der Waals surface area contributed by atoms with Gasteiger partial charge in [-0.2, -0.15) is 0 Å². The predicted molar refractivity (Wildman–Crippen MR) is 87.1 cm³/mol. The first-order valence-electron chi connectivity index (χ1n) is 7.45. The second kappa shape index (κ2) is 8.35. The highest BCUT2D eigenvalue weighted by Gasteiger charge is 2.20. The van der Waals surface area contributed by atoms with Gasteiger partial charge in [0.2, 0.25) is 0 Å². The largest absolute Gasteiger partial charge is 0.388 e. The Labute approximate surface area is 136 Å². The maximum atomic E-state index is 10.3. The number of halogens is 2. The van der Waals surface area contributed by atoms with Crippen LogP contribution in [0.25, 0.3) is 0 Å². The minimum atomic E-state index is -0.562. The molecule has 1 heterocycles. The zero-order valence-corrected chi connectivity index (χ0v) is 13.9. The molecular weight excluding hydrogens is 309 g/mol. The van der Waals surface area contributed by atoms with Gasteiger partial charge in [0, 0.05) is 25.8 Å². The van der Waals surface area contributed by atoms with Crippen LogP contribution >= 0.6 is 23.2 Å². The average Bonchev–Trinajstić information content (AvgIpc) is 2.49. The summed E-state index contributed by atoms with van der Waals surface area (Å²) in [6.07, 6.45) is 2.45. The van der Waals surface area contributed by atoms with Gasteiger partial charge in [0.15, 0.2) is 0 Å². The van der Waals surface area contributed by atoms with E-state index >= 15 is 0 Å². The standard InChI is InChI=1S/C16H23Cl2NO2/c1-21-11-12-5-8-19(9-6-12)10-7-15(20)13-3-2-4-14(17)16(13)18/h2-4,12,15,20H,5-11H2,1H3. The van der Waals surface area contributed by atoms with E-state index < -0.39 is 6.10 Å². The second-order valence-corrected chi connectivity index (χ2v) is 6.47. The summed E-state index contributed by atoms with van der Waals surface area (Å²) >= 11 is 12.1. The third kappa shape index (κ3) is 4.83. The van der Waals surface area contributed by atoms with Crippen molar-refractivity contribution < 1.29 is 9.84 Å². The summed E-state index contributed by atoms with van der Waals surface area (Å²) in [5.74, 6) is 0.679. The monoisotopic (exact) mass is 331 g/mol. The molecule has 1 fully saturated rings. The predicted octanol–water partition coefficient (Wildman–Crippen LogP) is 3.78. The molecule has 0 bridgehead atoms. The lowest BCUT2D eigenvalue weighted by atomic mass is 9.97. The van der Waals surface area contributed by atoms with Gasteiger partial charge < -0.3 is 14.7 Å². The van der Waals surface area contributed by atoms with E-state index in [2.05, 4.69) is 4.90 Å². The number of benzene rings is 1. The summed E-state index contributed by atoms with van der Waals surface area (Å²) in [5, 5.41) is 11.3. The van der Waals surface area contributed by atoms with E-state index in [4.69, 9.17) is 27.9 Å². The summed E-state index contributed by atoms with van der Waals surface area (Å²) in [5.41, 5.74) is 0.721. The van der Waals surface area contributed by atoms with Crippen molar-refractivity contribution in [1.29, 1.82) is 0 Å². The van der Waals surface area contributed by atoms with Gasteiger partial charge in [-0.15, -0.1) is 0 Å². The number of hydrogen-bond acceptors (Lipinski definition) is 3. The van der Waals surface area contributed by atoms with Crippen molar-refractivity contribution in [2.75, 3.05) is 33.4 Å². The lowest BCUT2D eigenvalue weighted by molar-refractivity contribution is 0.0869. The fourth-order valence-corrected chi connectivity index (χ4v) is 3.28. The van der Waals surface area contributed by atoms with Gasteiger partial charge >= 0.3 is 0 Å². The van der Waals surface area contributed by atoms with Crippen molar-refractivity contribution in [3.8, 4) is 0 Å². The molecule has 0 radical (unpaired) electrons. The number of methoxy groups -OCH3 is 1. The van der Waals surface area contributed by atoms with E-state index in [1.807, 2.05) is 12.1 Å². The van der Waals surface area contributed by atoms with E-state index in [1.165, 1.54) is 12.8 Å². The van der Waals surface area contributed by atoms with Crippen LogP contribution in [0.4, 0.5) is 0 Å². The van der Waals surface area contributed by atoms with Crippen molar-refractivity contribution in [2.24, 2.45) is 5.92 Å². The first kappa shape index (κ1) is 17.0. The quantitative estimate of drug-likeness (QED) is 0.861. The van der Waals surface area contributed by atoms with Gasteiger partial charge in [-0.05, 0) is 44.3 Å². The Hall–Kier alpha value is -0.320. The summed E-state index contributed by atoms with van der Waals surface area (Å²) in [6, 6.07) is 5.40. The lowest BCUT2D eigenvalue weighted by Gasteiger charge is -2.32.